The van der Waals surface area contributed by atoms with E-state index in [0.717, 1.165) is 12.2 Å². The maximum absolute atomic E-state index is 13.9. The van der Waals surface area contributed by atoms with Crippen LogP contribution in [0, 0.1) is 5.82 Å². The molecule has 0 aliphatic rings. The highest BCUT2D eigenvalue weighted by Gasteiger charge is 2.13. The molecule has 0 unspecified atom stereocenters. The molecule has 0 amide bonds. The van der Waals surface area contributed by atoms with Gasteiger partial charge in [-0.1, -0.05) is 29.3 Å². The topological polar surface area (TPSA) is 50.9 Å². The van der Waals surface area contributed by atoms with Crippen molar-refractivity contribution < 1.29 is 4.39 Å². The van der Waals surface area contributed by atoms with E-state index in [-0.39, 0.29) is 12.4 Å². The van der Waals surface area contributed by atoms with Gasteiger partial charge >= 0.3 is 0 Å². The molecule has 0 radical (unpaired) electrons. The molecule has 0 aliphatic heterocycles. The molecule has 148 valence electrons. The molecule has 0 aliphatic carbocycles. The normalized spacial score (nSPS) is 10.9. The predicted molar refractivity (Wildman–Crippen MR) is 113 cm³/mol. The summed E-state index contributed by atoms with van der Waals surface area (Å²) < 4.78 is 17.3. The molecule has 2 aromatic heterocycles. The molecule has 28 heavy (non-hydrogen) atoms. The van der Waals surface area contributed by atoms with Crippen LogP contribution in [0.1, 0.15) is 18.2 Å². The van der Waals surface area contributed by atoms with E-state index in [1.807, 2.05) is 18.9 Å². The van der Waals surface area contributed by atoms with E-state index in [0.29, 0.717) is 33.1 Å². The van der Waals surface area contributed by atoms with E-state index in [1.54, 1.807) is 40.0 Å². The van der Waals surface area contributed by atoms with Gasteiger partial charge < -0.3 is 10.2 Å². The zero-order chi connectivity index (χ0) is 20.3. The molecular weight excluding hydrogens is 422 g/mol. The zero-order valence-electron chi connectivity index (χ0n) is 15.4. The van der Waals surface area contributed by atoms with Crippen LogP contribution < -0.4 is 5.32 Å². The minimum Gasteiger partial charge on any atom is -0.346 e. The van der Waals surface area contributed by atoms with Gasteiger partial charge in [0.1, 0.15) is 11.5 Å². The molecule has 3 aromatic rings. The molecule has 3 rings (SSSR count). The number of aryl methyl sites for hydroxylation is 1. The van der Waals surface area contributed by atoms with Crippen LogP contribution in [-0.2, 0) is 19.6 Å². The molecule has 0 atom stereocenters. The van der Waals surface area contributed by atoms with Crippen molar-refractivity contribution in [2.24, 2.45) is 0 Å². The lowest BCUT2D eigenvalue weighted by Gasteiger charge is -2.19. The number of aromatic nitrogens is 4. The van der Waals surface area contributed by atoms with Gasteiger partial charge in [0.25, 0.3) is 0 Å². The average Bonchev–Trinajstić information content (AvgIpc) is 3.24. The Balaban J connectivity index is 1.62. The van der Waals surface area contributed by atoms with Crippen molar-refractivity contribution in [1.29, 1.82) is 0 Å². The number of halogens is 3. The van der Waals surface area contributed by atoms with Crippen LogP contribution in [0.5, 0.6) is 0 Å². The van der Waals surface area contributed by atoms with Gasteiger partial charge in [0.2, 0.25) is 0 Å². The first kappa shape index (κ1) is 20.6. The second-order valence-electron chi connectivity index (χ2n) is 6.16. The molecule has 0 saturated heterocycles. The largest absolute Gasteiger partial charge is 0.346 e. The molecule has 0 spiro atoms. The lowest BCUT2D eigenvalue weighted by Crippen LogP contribution is -2.31. The standard InChI is InChI=1S/C18H19Cl2FN6S/c1-3-26-10-14(20)16(23-26)11-25(2)18(28)22-17-7-8-27(24-17)9-12-13(19)5-4-6-15(12)21/h4-8,10H,3,9,11H2,1-2H3,(H,22,24,28). The monoisotopic (exact) mass is 440 g/mol. The van der Waals surface area contributed by atoms with Crippen LogP contribution in [0.3, 0.4) is 0 Å². The molecule has 0 fully saturated rings. The van der Waals surface area contributed by atoms with Crippen molar-refractivity contribution in [3.05, 3.63) is 63.8 Å². The SMILES string of the molecule is CCn1cc(Cl)c(CN(C)C(=S)Nc2ccn(Cc3c(F)cccc3Cl)n2)n1. The number of nitrogens with one attached hydrogen (secondary N) is 1. The number of rotatable bonds is 6. The van der Waals surface area contributed by atoms with Crippen LogP contribution in [0.15, 0.2) is 36.7 Å². The van der Waals surface area contributed by atoms with Gasteiger partial charge in [-0.2, -0.15) is 10.2 Å². The second kappa shape index (κ2) is 8.89. The first-order valence-electron chi connectivity index (χ1n) is 8.57. The molecule has 1 aromatic carbocycles. The quantitative estimate of drug-likeness (QED) is 0.574. The number of anilines is 1. The maximum Gasteiger partial charge on any atom is 0.174 e. The third kappa shape index (κ3) is 4.81. The van der Waals surface area contributed by atoms with Crippen molar-refractivity contribution in [3.63, 3.8) is 0 Å². The summed E-state index contributed by atoms with van der Waals surface area (Å²) in [7, 11) is 1.84. The summed E-state index contributed by atoms with van der Waals surface area (Å²) in [4.78, 5) is 1.82. The fourth-order valence-corrected chi connectivity index (χ4v) is 3.17. The molecular formula is C18H19Cl2FN6S. The Labute approximate surface area is 177 Å². The van der Waals surface area contributed by atoms with Crippen molar-refractivity contribution in [3.8, 4) is 0 Å². The van der Waals surface area contributed by atoms with E-state index in [9.17, 15) is 4.39 Å². The Bertz CT molecular complexity index is 966. The van der Waals surface area contributed by atoms with Gasteiger partial charge in [0.15, 0.2) is 10.9 Å². The van der Waals surface area contributed by atoms with Gasteiger partial charge in [0, 0.05) is 42.6 Å². The molecule has 2 heterocycles. The minimum atomic E-state index is -0.365. The highest BCUT2D eigenvalue weighted by atomic mass is 35.5. The summed E-state index contributed by atoms with van der Waals surface area (Å²) in [6.45, 7) is 3.42. The Morgan fingerprint density at radius 1 is 1.21 bits per heavy atom. The fourth-order valence-electron chi connectivity index (χ4n) is 2.57. The minimum absolute atomic E-state index is 0.222. The maximum atomic E-state index is 13.9. The van der Waals surface area contributed by atoms with E-state index in [1.165, 1.54) is 6.07 Å². The first-order valence-corrected chi connectivity index (χ1v) is 9.74. The summed E-state index contributed by atoms with van der Waals surface area (Å²) in [6, 6.07) is 6.35. The van der Waals surface area contributed by atoms with Crippen LogP contribution in [0.2, 0.25) is 10.0 Å². The second-order valence-corrected chi connectivity index (χ2v) is 7.37. The van der Waals surface area contributed by atoms with Crippen LogP contribution in [0.25, 0.3) is 0 Å². The van der Waals surface area contributed by atoms with Crippen molar-refractivity contribution in [1.82, 2.24) is 24.5 Å². The van der Waals surface area contributed by atoms with Crippen molar-refractivity contribution in [2.75, 3.05) is 12.4 Å². The number of nitrogens with zero attached hydrogens (tertiary/aromatic N) is 5. The Morgan fingerprint density at radius 2 is 2.00 bits per heavy atom. The number of thiocarbonyl (C=S) groups is 1. The third-order valence-electron chi connectivity index (χ3n) is 4.10. The smallest absolute Gasteiger partial charge is 0.174 e. The zero-order valence-corrected chi connectivity index (χ0v) is 17.7. The van der Waals surface area contributed by atoms with Gasteiger partial charge in [0.05, 0.1) is 18.1 Å². The molecule has 0 saturated carbocycles. The average molecular weight is 441 g/mol. The summed E-state index contributed by atoms with van der Waals surface area (Å²) in [5, 5.41) is 13.3. The van der Waals surface area contributed by atoms with Gasteiger partial charge in [-0.15, -0.1) is 0 Å². The van der Waals surface area contributed by atoms with Crippen molar-refractivity contribution >= 4 is 46.4 Å². The Hall–Kier alpha value is -2.16. The van der Waals surface area contributed by atoms with Crippen molar-refractivity contribution in [2.45, 2.75) is 26.6 Å². The Morgan fingerprint density at radius 3 is 2.68 bits per heavy atom. The number of hydrogen-bond acceptors (Lipinski definition) is 3. The van der Waals surface area contributed by atoms with Crippen LogP contribution >= 0.6 is 35.4 Å². The Kier molecular flexibility index (Phi) is 6.53. The molecule has 6 nitrogen and oxygen atoms in total. The summed E-state index contributed by atoms with van der Waals surface area (Å²) >= 11 is 17.7. The fraction of sp³-hybridized carbons (Fsp3) is 0.278. The summed E-state index contributed by atoms with van der Waals surface area (Å²) in [5.41, 5.74) is 1.13. The first-order chi connectivity index (χ1) is 13.4. The molecule has 1 N–H and O–H groups in total. The number of hydrogen-bond donors (Lipinski definition) is 1. The molecule has 0 bridgehead atoms. The number of benzene rings is 1. The van der Waals surface area contributed by atoms with Gasteiger partial charge in [-0.25, -0.2) is 4.39 Å². The predicted octanol–water partition coefficient (Wildman–Crippen LogP) is 4.42. The lowest BCUT2D eigenvalue weighted by atomic mass is 10.2. The summed E-state index contributed by atoms with van der Waals surface area (Å²) in [6.07, 6.45) is 3.52. The lowest BCUT2D eigenvalue weighted by molar-refractivity contribution is 0.492. The highest BCUT2D eigenvalue weighted by molar-refractivity contribution is 7.80. The van der Waals surface area contributed by atoms with E-state index < -0.39 is 0 Å². The highest BCUT2D eigenvalue weighted by Crippen LogP contribution is 2.20. The molecule has 10 heteroatoms. The van der Waals surface area contributed by atoms with Gasteiger partial charge in [-0.3, -0.25) is 9.36 Å². The third-order valence-corrected chi connectivity index (χ3v) is 5.19. The summed E-state index contributed by atoms with van der Waals surface area (Å²) in [5.74, 6) is 0.186. The van der Waals surface area contributed by atoms with Gasteiger partial charge in [-0.05, 0) is 31.3 Å². The van der Waals surface area contributed by atoms with Crippen LogP contribution in [0.4, 0.5) is 10.2 Å². The van der Waals surface area contributed by atoms with E-state index >= 15 is 0 Å². The van der Waals surface area contributed by atoms with Crippen LogP contribution in [-0.4, -0.2) is 36.6 Å². The van der Waals surface area contributed by atoms with E-state index in [2.05, 4.69) is 15.5 Å². The van der Waals surface area contributed by atoms with E-state index in [4.69, 9.17) is 35.4 Å².